The number of benzene rings is 1. The Hall–Kier alpha value is -1.22. The highest BCUT2D eigenvalue weighted by Gasteiger charge is 2.52. The standard InChI is InChI=1S/C20H23N2.BrH/c1-2-4-19(5-3-1)22-14-18(6-7-21-22)20-11-15-8-16(12-20)10-17(9-15)13-20;/h1-7,14-17H,8-13H2;1H/q+1;/p-1. The largest absolute Gasteiger partial charge is 1.00 e. The third-order valence-corrected chi connectivity index (χ3v) is 6.38. The van der Waals surface area contributed by atoms with E-state index in [-0.39, 0.29) is 17.0 Å². The van der Waals surface area contributed by atoms with Crippen molar-refractivity contribution >= 4 is 0 Å². The van der Waals surface area contributed by atoms with Crippen LogP contribution in [0.15, 0.2) is 48.8 Å². The molecule has 6 rings (SSSR count). The van der Waals surface area contributed by atoms with Crippen LogP contribution >= 0.6 is 0 Å². The van der Waals surface area contributed by atoms with Crippen molar-refractivity contribution in [1.82, 2.24) is 5.10 Å². The van der Waals surface area contributed by atoms with Crippen LogP contribution in [0, 0.1) is 17.8 Å². The normalized spacial score (nSPS) is 34.2. The zero-order valence-corrected chi connectivity index (χ0v) is 15.0. The van der Waals surface area contributed by atoms with Crippen LogP contribution in [-0.2, 0) is 5.41 Å². The molecule has 23 heavy (non-hydrogen) atoms. The maximum absolute atomic E-state index is 4.55. The topological polar surface area (TPSA) is 16.8 Å². The molecule has 2 nitrogen and oxygen atoms in total. The van der Waals surface area contributed by atoms with Crippen molar-refractivity contribution < 1.29 is 21.7 Å². The lowest BCUT2D eigenvalue weighted by atomic mass is 9.48. The van der Waals surface area contributed by atoms with E-state index in [0.29, 0.717) is 5.41 Å². The van der Waals surface area contributed by atoms with E-state index in [1.165, 1.54) is 44.1 Å². The van der Waals surface area contributed by atoms with Gasteiger partial charge in [-0.1, -0.05) is 22.9 Å². The summed E-state index contributed by atoms with van der Waals surface area (Å²) in [5, 5.41) is 4.55. The minimum Gasteiger partial charge on any atom is -1.00 e. The Bertz CT molecular complexity index is 663. The summed E-state index contributed by atoms with van der Waals surface area (Å²) in [6.45, 7) is 0. The van der Waals surface area contributed by atoms with E-state index in [0.717, 1.165) is 23.4 Å². The second-order valence-electron chi connectivity index (χ2n) is 7.89. The van der Waals surface area contributed by atoms with Crippen molar-refractivity contribution in [3.8, 4) is 5.69 Å². The monoisotopic (exact) mass is 370 g/mol. The predicted molar refractivity (Wildman–Crippen MR) is 85.6 cm³/mol. The quantitative estimate of drug-likeness (QED) is 0.715. The summed E-state index contributed by atoms with van der Waals surface area (Å²) in [7, 11) is 0. The fourth-order valence-corrected chi connectivity index (χ4v) is 5.89. The van der Waals surface area contributed by atoms with E-state index < -0.39 is 0 Å². The fourth-order valence-electron chi connectivity index (χ4n) is 5.89. The Balaban J connectivity index is 0.00000135. The van der Waals surface area contributed by atoms with Gasteiger partial charge in [-0.3, -0.25) is 0 Å². The summed E-state index contributed by atoms with van der Waals surface area (Å²) in [6, 6.07) is 12.8. The van der Waals surface area contributed by atoms with Gasteiger partial charge in [0.05, 0.1) is 6.20 Å². The SMILES string of the molecule is [Br-].c1ccc(-[n+]2cc(C34CC5CC(CC(C5)C3)C4)ccn2)cc1. The molecule has 3 heteroatoms. The number of rotatable bonds is 2. The highest BCUT2D eigenvalue weighted by atomic mass is 79.9. The van der Waals surface area contributed by atoms with E-state index in [9.17, 15) is 0 Å². The summed E-state index contributed by atoms with van der Waals surface area (Å²) in [5.74, 6) is 2.97. The van der Waals surface area contributed by atoms with Crippen LogP contribution in [0.25, 0.3) is 5.69 Å². The van der Waals surface area contributed by atoms with Gasteiger partial charge in [0.2, 0.25) is 11.9 Å². The molecule has 4 aliphatic carbocycles. The summed E-state index contributed by atoms with van der Waals surface area (Å²) in [5.41, 5.74) is 3.15. The molecule has 4 fully saturated rings. The molecule has 120 valence electrons. The van der Waals surface area contributed by atoms with Crippen molar-refractivity contribution in [2.24, 2.45) is 17.8 Å². The highest BCUT2D eigenvalue weighted by Crippen LogP contribution is 2.60. The van der Waals surface area contributed by atoms with Gasteiger partial charge in [-0.15, -0.1) is 0 Å². The molecule has 0 N–H and O–H groups in total. The highest BCUT2D eigenvalue weighted by molar-refractivity contribution is 5.26. The number of para-hydroxylation sites is 1. The minimum atomic E-state index is 0. The number of hydrogen-bond donors (Lipinski definition) is 0. The van der Waals surface area contributed by atoms with Gasteiger partial charge in [0.25, 0.3) is 0 Å². The molecule has 0 radical (unpaired) electrons. The molecule has 1 aromatic heterocycles. The molecule has 0 amide bonds. The van der Waals surface area contributed by atoms with Gasteiger partial charge in [-0.25, -0.2) is 0 Å². The van der Waals surface area contributed by atoms with Crippen LogP contribution in [0.1, 0.15) is 44.1 Å². The Morgan fingerprint density at radius 2 is 1.48 bits per heavy atom. The number of halogens is 1. The van der Waals surface area contributed by atoms with Crippen molar-refractivity contribution in [3.05, 3.63) is 54.4 Å². The van der Waals surface area contributed by atoms with Crippen molar-refractivity contribution in [2.45, 2.75) is 43.9 Å². The zero-order valence-electron chi connectivity index (χ0n) is 13.4. The van der Waals surface area contributed by atoms with Crippen LogP contribution in [0.2, 0.25) is 0 Å². The maximum atomic E-state index is 4.55. The Labute approximate surface area is 148 Å². The molecule has 4 bridgehead atoms. The molecule has 1 heterocycles. The van der Waals surface area contributed by atoms with Crippen LogP contribution in [0.4, 0.5) is 0 Å². The molecule has 0 atom stereocenters. The van der Waals surface area contributed by atoms with E-state index in [4.69, 9.17) is 0 Å². The van der Waals surface area contributed by atoms with Gasteiger partial charge in [0.1, 0.15) is 0 Å². The molecule has 0 aliphatic heterocycles. The summed E-state index contributed by atoms with van der Waals surface area (Å²) in [4.78, 5) is 0. The van der Waals surface area contributed by atoms with Gasteiger partial charge in [-0.2, -0.15) is 0 Å². The molecule has 2 aromatic rings. The third-order valence-electron chi connectivity index (χ3n) is 6.38. The van der Waals surface area contributed by atoms with Crippen LogP contribution < -0.4 is 21.7 Å². The molecular formula is C20H23BrN2. The number of hydrogen-bond acceptors (Lipinski definition) is 1. The third kappa shape index (κ3) is 2.53. The van der Waals surface area contributed by atoms with Crippen LogP contribution in [0.3, 0.4) is 0 Å². The van der Waals surface area contributed by atoms with Crippen molar-refractivity contribution in [3.63, 3.8) is 0 Å². The number of nitrogens with zero attached hydrogens (tertiary/aromatic N) is 2. The average Bonchev–Trinajstić information content (AvgIpc) is 2.55. The zero-order chi connectivity index (χ0) is 14.6. The van der Waals surface area contributed by atoms with Crippen molar-refractivity contribution in [2.75, 3.05) is 0 Å². The first-order valence-corrected chi connectivity index (χ1v) is 8.75. The minimum absolute atomic E-state index is 0. The molecule has 0 saturated heterocycles. The van der Waals surface area contributed by atoms with E-state index in [1.807, 2.05) is 6.20 Å². The Morgan fingerprint density at radius 1 is 0.870 bits per heavy atom. The summed E-state index contributed by atoms with van der Waals surface area (Å²) < 4.78 is 2.06. The Kier molecular flexibility index (Phi) is 3.79. The first kappa shape index (κ1) is 15.3. The number of aromatic nitrogens is 2. The predicted octanol–water partition coefficient (Wildman–Crippen LogP) is 0.830. The van der Waals surface area contributed by atoms with Gasteiger partial charge in [0.15, 0.2) is 0 Å². The van der Waals surface area contributed by atoms with Gasteiger partial charge in [-0.05, 0) is 67.4 Å². The molecule has 4 saturated carbocycles. The van der Waals surface area contributed by atoms with Gasteiger partial charge in [0, 0.05) is 23.1 Å². The maximum Gasteiger partial charge on any atom is 0.238 e. The first-order valence-electron chi connectivity index (χ1n) is 8.75. The smallest absolute Gasteiger partial charge is 0.238 e. The average molecular weight is 371 g/mol. The van der Waals surface area contributed by atoms with E-state index in [1.54, 1.807) is 0 Å². The van der Waals surface area contributed by atoms with Gasteiger partial charge >= 0.3 is 0 Å². The van der Waals surface area contributed by atoms with Crippen molar-refractivity contribution in [1.29, 1.82) is 0 Å². The summed E-state index contributed by atoms with van der Waals surface area (Å²) in [6.07, 6.45) is 13.1. The lowest BCUT2D eigenvalue weighted by Crippen LogP contribution is -3.00. The van der Waals surface area contributed by atoms with Crippen LogP contribution in [-0.4, -0.2) is 5.10 Å². The molecular weight excluding hydrogens is 348 g/mol. The molecule has 4 aliphatic rings. The first-order chi connectivity index (χ1) is 10.8. The molecule has 0 unspecified atom stereocenters. The lowest BCUT2D eigenvalue weighted by molar-refractivity contribution is -0.660. The van der Waals surface area contributed by atoms with Gasteiger partial charge < -0.3 is 17.0 Å². The van der Waals surface area contributed by atoms with E-state index in [2.05, 4.69) is 52.4 Å². The van der Waals surface area contributed by atoms with Crippen LogP contribution in [0.5, 0.6) is 0 Å². The molecule has 1 aromatic carbocycles. The van der Waals surface area contributed by atoms with E-state index >= 15 is 0 Å². The molecule has 0 spiro atoms. The fraction of sp³-hybridized carbons (Fsp3) is 0.500. The second kappa shape index (κ2) is 5.70. The Morgan fingerprint density at radius 3 is 2.09 bits per heavy atom. The lowest BCUT2D eigenvalue weighted by Gasteiger charge is -2.56. The second-order valence-corrected chi connectivity index (χ2v) is 7.89. The summed E-state index contributed by atoms with van der Waals surface area (Å²) >= 11 is 0.